The van der Waals surface area contributed by atoms with E-state index in [2.05, 4.69) is 48.5 Å². The zero-order valence-corrected chi connectivity index (χ0v) is 13.8. The van der Waals surface area contributed by atoms with E-state index in [9.17, 15) is 4.39 Å². The van der Waals surface area contributed by atoms with Gasteiger partial charge in [0.15, 0.2) is 0 Å². The second-order valence-electron chi connectivity index (χ2n) is 5.65. The average Bonchev–Trinajstić information content (AvgIpc) is 2.42. The van der Waals surface area contributed by atoms with Crippen LogP contribution in [0.15, 0.2) is 34.7 Å². The molecule has 0 saturated heterocycles. The molecule has 0 aromatic heterocycles. The SMILES string of the molecule is CCC(C)=CC(/C(F)=C\C(C)CC)=C(/C)C(C)CC. The number of allylic oxidation sites excluding steroid dienone is 6. The standard InChI is InChI=1S/C18H31F/c1-8-13(4)11-17(16(7)15(6)10-3)18(19)12-14(5)9-2/h11-12,14-15H,8-10H2,1-7H3/b13-11?,17-16+,18-12+. The minimum absolute atomic E-state index is 0.0556. The molecule has 0 aromatic carbocycles. The maximum atomic E-state index is 14.5. The first-order valence-electron chi connectivity index (χ1n) is 7.62. The van der Waals surface area contributed by atoms with Crippen molar-refractivity contribution in [2.75, 3.05) is 0 Å². The molecular weight excluding hydrogens is 235 g/mol. The molecule has 0 aliphatic heterocycles. The van der Waals surface area contributed by atoms with E-state index in [1.807, 2.05) is 6.08 Å². The second kappa shape index (κ2) is 9.12. The Hall–Kier alpha value is -0.850. The van der Waals surface area contributed by atoms with E-state index in [4.69, 9.17) is 0 Å². The van der Waals surface area contributed by atoms with Crippen LogP contribution in [-0.4, -0.2) is 0 Å². The monoisotopic (exact) mass is 266 g/mol. The predicted molar refractivity (Wildman–Crippen MR) is 84.8 cm³/mol. The quantitative estimate of drug-likeness (QED) is 0.455. The molecule has 0 saturated carbocycles. The summed E-state index contributed by atoms with van der Waals surface area (Å²) >= 11 is 0. The zero-order valence-electron chi connectivity index (χ0n) is 13.8. The first kappa shape index (κ1) is 18.1. The molecule has 0 nitrogen and oxygen atoms in total. The van der Waals surface area contributed by atoms with Crippen molar-refractivity contribution >= 4 is 0 Å². The highest BCUT2D eigenvalue weighted by atomic mass is 19.1. The van der Waals surface area contributed by atoms with Crippen LogP contribution in [0.1, 0.15) is 67.7 Å². The zero-order chi connectivity index (χ0) is 15.0. The van der Waals surface area contributed by atoms with Gasteiger partial charge in [-0.3, -0.25) is 0 Å². The molecule has 0 bridgehead atoms. The molecular formula is C18H31F. The molecule has 0 aliphatic rings. The van der Waals surface area contributed by atoms with Crippen molar-refractivity contribution in [1.29, 1.82) is 0 Å². The van der Waals surface area contributed by atoms with Gasteiger partial charge in [-0.25, -0.2) is 4.39 Å². The van der Waals surface area contributed by atoms with Crippen LogP contribution in [0.25, 0.3) is 0 Å². The summed E-state index contributed by atoms with van der Waals surface area (Å²) in [6.45, 7) is 14.7. The third-order valence-electron chi connectivity index (χ3n) is 4.06. The minimum atomic E-state index is -0.0556. The van der Waals surface area contributed by atoms with Gasteiger partial charge in [-0.05, 0) is 51.0 Å². The Labute approximate surface area is 119 Å². The van der Waals surface area contributed by atoms with Gasteiger partial charge in [0.2, 0.25) is 0 Å². The van der Waals surface area contributed by atoms with Crippen molar-refractivity contribution in [2.45, 2.75) is 67.7 Å². The van der Waals surface area contributed by atoms with Crippen LogP contribution < -0.4 is 0 Å². The molecule has 19 heavy (non-hydrogen) atoms. The lowest BCUT2D eigenvalue weighted by Crippen LogP contribution is -2.00. The Morgan fingerprint density at radius 1 is 1.05 bits per heavy atom. The third-order valence-corrected chi connectivity index (χ3v) is 4.06. The lowest BCUT2D eigenvalue weighted by atomic mass is 9.92. The van der Waals surface area contributed by atoms with Gasteiger partial charge < -0.3 is 0 Å². The fourth-order valence-electron chi connectivity index (χ4n) is 1.75. The number of rotatable bonds is 7. The Balaban J connectivity index is 5.60. The molecule has 0 aliphatic carbocycles. The van der Waals surface area contributed by atoms with E-state index in [0.29, 0.717) is 5.92 Å². The van der Waals surface area contributed by atoms with Gasteiger partial charge >= 0.3 is 0 Å². The summed E-state index contributed by atoms with van der Waals surface area (Å²) < 4.78 is 14.5. The van der Waals surface area contributed by atoms with Gasteiger partial charge in [0.1, 0.15) is 5.83 Å². The maximum absolute atomic E-state index is 14.5. The molecule has 0 aromatic rings. The van der Waals surface area contributed by atoms with Crippen molar-refractivity contribution < 1.29 is 4.39 Å². The van der Waals surface area contributed by atoms with Crippen LogP contribution >= 0.6 is 0 Å². The molecule has 0 amide bonds. The smallest absolute Gasteiger partial charge is 0.126 e. The van der Waals surface area contributed by atoms with Crippen LogP contribution in [-0.2, 0) is 0 Å². The summed E-state index contributed by atoms with van der Waals surface area (Å²) in [5, 5.41) is 0. The molecule has 110 valence electrons. The Bertz CT molecular complexity index is 358. The van der Waals surface area contributed by atoms with Gasteiger partial charge in [0.25, 0.3) is 0 Å². The summed E-state index contributed by atoms with van der Waals surface area (Å²) in [5.41, 5.74) is 3.19. The molecule has 0 N–H and O–H groups in total. The topological polar surface area (TPSA) is 0 Å². The van der Waals surface area contributed by atoms with Gasteiger partial charge in [0, 0.05) is 5.57 Å². The van der Waals surface area contributed by atoms with Crippen molar-refractivity contribution in [2.24, 2.45) is 11.8 Å². The summed E-state index contributed by atoms with van der Waals surface area (Å²) in [7, 11) is 0. The lowest BCUT2D eigenvalue weighted by Gasteiger charge is -2.15. The lowest BCUT2D eigenvalue weighted by molar-refractivity contribution is 0.597. The third kappa shape index (κ3) is 6.22. The number of hydrogen-bond donors (Lipinski definition) is 0. The Morgan fingerprint density at radius 2 is 1.63 bits per heavy atom. The fourth-order valence-corrected chi connectivity index (χ4v) is 1.75. The largest absolute Gasteiger partial charge is 0.207 e. The van der Waals surface area contributed by atoms with E-state index in [0.717, 1.165) is 30.4 Å². The highest BCUT2D eigenvalue weighted by Crippen LogP contribution is 2.27. The van der Waals surface area contributed by atoms with Crippen molar-refractivity contribution in [1.82, 2.24) is 0 Å². The number of halogens is 1. The molecule has 2 atom stereocenters. The average molecular weight is 266 g/mol. The van der Waals surface area contributed by atoms with Gasteiger partial charge in [0.05, 0.1) is 0 Å². The molecule has 1 heteroatoms. The summed E-state index contributed by atoms with van der Waals surface area (Å²) in [6, 6.07) is 0. The van der Waals surface area contributed by atoms with Gasteiger partial charge in [-0.15, -0.1) is 0 Å². The van der Waals surface area contributed by atoms with Gasteiger partial charge in [-0.1, -0.05) is 51.8 Å². The minimum Gasteiger partial charge on any atom is -0.207 e. The van der Waals surface area contributed by atoms with Crippen LogP contribution in [0.5, 0.6) is 0 Å². The summed E-state index contributed by atoms with van der Waals surface area (Å²) in [4.78, 5) is 0. The van der Waals surface area contributed by atoms with E-state index >= 15 is 0 Å². The number of hydrogen-bond acceptors (Lipinski definition) is 0. The molecule has 0 rings (SSSR count). The molecule has 2 unspecified atom stereocenters. The van der Waals surface area contributed by atoms with Gasteiger partial charge in [-0.2, -0.15) is 0 Å². The van der Waals surface area contributed by atoms with Crippen molar-refractivity contribution in [3.8, 4) is 0 Å². The fraction of sp³-hybridized carbons (Fsp3) is 0.667. The molecule has 0 radical (unpaired) electrons. The molecule has 0 spiro atoms. The maximum Gasteiger partial charge on any atom is 0.126 e. The molecule has 0 heterocycles. The summed E-state index contributed by atoms with van der Waals surface area (Å²) in [6.07, 6.45) is 6.77. The highest BCUT2D eigenvalue weighted by molar-refractivity contribution is 5.41. The first-order chi connectivity index (χ1) is 8.87. The highest BCUT2D eigenvalue weighted by Gasteiger charge is 2.12. The first-order valence-corrected chi connectivity index (χ1v) is 7.62. The van der Waals surface area contributed by atoms with E-state index in [1.54, 1.807) is 6.08 Å². The van der Waals surface area contributed by atoms with Crippen LogP contribution in [0.3, 0.4) is 0 Å². The van der Waals surface area contributed by atoms with Crippen molar-refractivity contribution in [3.63, 3.8) is 0 Å². The van der Waals surface area contributed by atoms with Crippen LogP contribution in [0.2, 0.25) is 0 Å². The van der Waals surface area contributed by atoms with E-state index < -0.39 is 0 Å². The van der Waals surface area contributed by atoms with Crippen molar-refractivity contribution in [3.05, 3.63) is 34.7 Å². The molecule has 0 fully saturated rings. The Kier molecular flexibility index (Phi) is 8.71. The van der Waals surface area contributed by atoms with E-state index in [1.165, 1.54) is 5.57 Å². The van der Waals surface area contributed by atoms with Crippen LogP contribution in [0.4, 0.5) is 4.39 Å². The second-order valence-corrected chi connectivity index (χ2v) is 5.65. The summed E-state index contributed by atoms with van der Waals surface area (Å²) in [5.74, 6) is 0.655. The Morgan fingerprint density at radius 3 is 2.05 bits per heavy atom. The van der Waals surface area contributed by atoms with Crippen LogP contribution in [0, 0.1) is 11.8 Å². The predicted octanol–water partition coefficient (Wildman–Crippen LogP) is 6.60. The van der Waals surface area contributed by atoms with E-state index in [-0.39, 0.29) is 11.7 Å². The normalized spacial score (nSPS) is 18.1.